The van der Waals surface area contributed by atoms with Crippen LogP contribution in [0, 0.1) is 6.92 Å². The van der Waals surface area contributed by atoms with E-state index in [9.17, 15) is 0 Å². The molecule has 0 aliphatic rings. The number of thiophene rings is 2. The molecule has 0 atom stereocenters. The van der Waals surface area contributed by atoms with Crippen molar-refractivity contribution in [2.75, 3.05) is 0 Å². The van der Waals surface area contributed by atoms with Gasteiger partial charge in [-0.05, 0) is 53.1 Å². The van der Waals surface area contributed by atoms with E-state index < -0.39 is 0 Å². The van der Waals surface area contributed by atoms with Crippen LogP contribution in [0.15, 0.2) is 146 Å². The van der Waals surface area contributed by atoms with Crippen molar-refractivity contribution in [1.82, 2.24) is 14.5 Å². The highest BCUT2D eigenvalue weighted by Gasteiger charge is 2.27. The Hall–Kier alpha value is -6.14. The standard InChI is InChI=1S/C47H29N3S2/c1-3-28-15-4-5-16-29(28)40-27(2)51-46-42(40)32-19-7-6-18-31(32)41-34-20-8-12-25-38(34)50(44(41)46)47-43(48-36-23-10-11-24-37(36)49-47)35-22-14-21-33-30-17-9-13-26-39(30)52-45(33)35/h3-26H,1H2,2H3. The van der Waals surface area contributed by atoms with Crippen LogP contribution in [0.4, 0.5) is 0 Å². The van der Waals surface area contributed by atoms with Gasteiger partial charge in [-0.1, -0.05) is 128 Å². The molecule has 3 nitrogen and oxygen atoms in total. The van der Waals surface area contributed by atoms with Gasteiger partial charge in [0.2, 0.25) is 0 Å². The van der Waals surface area contributed by atoms with Gasteiger partial charge in [0, 0.05) is 52.3 Å². The molecule has 0 spiro atoms. The van der Waals surface area contributed by atoms with Crippen molar-refractivity contribution in [2.45, 2.75) is 6.92 Å². The van der Waals surface area contributed by atoms with Crippen LogP contribution in [0.2, 0.25) is 0 Å². The quantitative estimate of drug-likeness (QED) is 0.183. The number of aromatic nitrogens is 3. The average molecular weight is 700 g/mol. The van der Waals surface area contributed by atoms with Crippen molar-refractivity contribution in [3.63, 3.8) is 0 Å². The second-order valence-electron chi connectivity index (χ2n) is 13.3. The number of para-hydroxylation sites is 3. The summed E-state index contributed by atoms with van der Waals surface area (Å²) in [5.41, 5.74) is 9.61. The Morgan fingerprint density at radius 3 is 2.02 bits per heavy atom. The molecule has 7 aromatic carbocycles. The Bertz CT molecular complexity index is 3290. The van der Waals surface area contributed by atoms with E-state index in [1.807, 2.05) is 34.8 Å². The van der Waals surface area contributed by atoms with E-state index in [2.05, 4.69) is 152 Å². The van der Waals surface area contributed by atoms with Crippen LogP contribution in [-0.4, -0.2) is 14.5 Å². The molecule has 52 heavy (non-hydrogen) atoms. The molecule has 0 aliphatic heterocycles. The first kappa shape index (κ1) is 29.6. The smallest absolute Gasteiger partial charge is 0.165 e. The van der Waals surface area contributed by atoms with Crippen molar-refractivity contribution >= 4 is 103 Å². The lowest BCUT2D eigenvalue weighted by Crippen LogP contribution is -2.04. The fraction of sp³-hybridized carbons (Fsp3) is 0.0213. The van der Waals surface area contributed by atoms with Crippen molar-refractivity contribution in [3.05, 3.63) is 157 Å². The van der Waals surface area contributed by atoms with Gasteiger partial charge in [-0.3, -0.25) is 4.57 Å². The molecule has 0 radical (unpaired) electrons. The summed E-state index contributed by atoms with van der Waals surface area (Å²) in [5.74, 6) is 0.838. The Morgan fingerprint density at radius 1 is 0.558 bits per heavy atom. The molecule has 5 heteroatoms. The predicted octanol–water partition coefficient (Wildman–Crippen LogP) is 13.7. The van der Waals surface area contributed by atoms with E-state index in [0.29, 0.717) is 0 Å². The molecule has 11 rings (SSSR count). The van der Waals surface area contributed by atoms with Gasteiger partial charge >= 0.3 is 0 Å². The number of aryl methyl sites for hydroxylation is 1. The first-order valence-corrected chi connectivity index (χ1v) is 19.1. The Kier molecular flexibility index (Phi) is 6.36. The Labute approximate surface area is 307 Å². The number of nitrogens with zero attached hydrogens (tertiary/aromatic N) is 3. The highest BCUT2D eigenvalue weighted by atomic mass is 32.1. The molecule has 0 unspecified atom stereocenters. The summed E-state index contributed by atoms with van der Waals surface area (Å²) >= 11 is 3.70. The van der Waals surface area contributed by atoms with Crippen LogP contribution in [0.3, 0.4) is 0 Å². The van der Waals surface area contributed by atoms with Crippen molar-refractivity contribution in [1.29, 1.82) is 0 Å². The third kappa shape index (κ3) is 4.06. The van der Waals surface area contributed by atoms with E-state index in [1.54, 1.807) is 0 Å². The lowest BCUT2D eigenvalue weighted by molar-refractivity contribution is 1.09. The fourth-order valence-electron chi connectivity index (χ4n) is 8.32. The zero-order valence-electron chi connectivity index (χ0n) is 28.2. The van der Waals surface area contributed by atoms with Crippen LogP contribution in [-0.2, 0) is 0 Å². The van der Waals surface area contributed by atoms with Gasteiger partial charge in [0.25, 0.3) is 0 Å². The van der Waals surface area contributed by atoms with Crippen molar-refractivity contribution in [3.8, 4) is 28.2 Å². The minimum absolute atomic E-state index is 0.838. The van der Waals surface area contributed by atoms with Crippen LogP contribution in [0.25, 0.3) is 108 Å². The van der Waals surface area contributed by atoms with E-state index in [4.69, 9.17) is 9.97 Å². The molecular formula is C47H29N3S2. The summed E-state index contributed by atoms with van der Waals surface area (Å²) in [6.45, 7) is 6.45. The van der Waals surface area contributed by atoms with Gasteiger partial charge < -0.3 is 0 Å². The van der Waals surface area contributed by atoms with Gasteiger partial charge in [-0.2, -0.15) is 0 Å². The Morgan fingerprint density at radius 2 is 1.19 bits per heavy atom. The highest BCUT2D eigenvalue weighted by molar-refractivity contribution is 7.26. The summed E-state index contributed by atoms with van der Waals surface area (Å²) in [6, 6.07) is 49.9. The van der Waals surface area contributed by atoms with Crippen LogP contribution < -0.4 is 0 Å². The lowest BCUT2D eigenvalue weighted by Gasteiger charge is -2.15. The molecule has 0 saturated heterocycles. The van der Waals surface area contributed by atoms with Gasteiger partial charge in [0.15, 0.2) is 5.82 Å². The topological polar surface area (TPSA) is 30.7 Å². The van der Waals surface area contributed by atoms with Crippen LogP contribution in [0.5, 0.6) is 0 Å². The van der Waals surface area contributed by atoms with Gasteiger partial charge in [-0.25, -0.2) is 9.97 Å². The fourth-order valence-corrected chi connectivity index (χ4v) is 10.8. The summed E-state index contributed by atoms with van der Waals surface area (Å²) < 4.78 is 6.16. The van der Waals surface area contributed by atoms with Gasteiger partial charge in [0.05, 0.1) is 26.8 Å². The van der Waals surface area contributed by atoms with E-state index in [-0.39, 0.29) is 0 Å². The number of fused-ring (bicyclic) bond motifs is 12. The molecule has 0 saturated carbocycles. The van der Waals surface area contributed by atoms with Crippen LogP contribution in [0.1, 0.15) is 10.4 Å². The summed E-state index contributed by atoms with van der Waals surface area (Å²) in [4.78, 5) is 12.3. The first-order chi connectivity index (χ1) is 25.7. The molecule has 0 N–H and O–H groups in total. The molecule has 0 aliphatic carbocycles. The molecule has 4 aromatic heterocycles. The Balaban J connectivity index is 1.36. The monoisotopic (exact) mass is 699 g/mol. The minimum Gasteiger partial charge on any atom is -0.290 e. The van der Waals surface area contributed by atoms with E-state index in [1.165, 1.54) is 73.3 Å². The number of rotatable bonds is 4. The average Bonchev–Trinajstić information content (AvgIpc) is 3.87. The second-order valence-corrected chi connectivity index (χ2v) is 15.6. The van der Waals surface area contributed by atoms with E-state index in [0.717, 1.165) is 39.2 Å². The number of benzene rings is 7. The maximum absolute atomic E-state index is 5.55. The molecule has 4 heterocycles. The minimum atomic E-state index is 0.838. The molecule has 0 fully saturated rings. The highest BCUT2D eigenvalue weighted by Crippen LogP contribution is 2.51. The van der Waals surface area contributed by atoms with Crippen molar-refractivity contribution in [2.24, 2.45) is 0 Å². The van der Waals surface area contributed by atoms with E-state index >= 15 is 0 Å². The largest absolute Gasteiger partial charge is 0.290 e. The first-order valence-electron chi connectivity index (χ1n) is 17.5. The molecule has 0 bridgehead atoms. The molecule has 244 valence electrons. The van der Waals surface area contributed by atoms with Crippen molar-refractivity contribution < 1.29 is 0 Å². The summed E-state index contributed by atoms with van der Waals surface area (Å²) in [6.07, 6.45) is 1.97. The lowest BCUT2D eigenvalue weighted by atomic mass is 9.93. The molecule has 11 aromatic rings. The number of hydrogen-bond donors (Lipinski definition) is 0. The zero-order chi connectivity index (χ0) is 34.5. The number of hydrogen-bond acceptors (Lipinski definition) is 4. The second kappa shape index (κ2) is 11.2. The van der Waals surface area contributed by atoms with Gasteiger partial charge in [-0.15, -0.1) is 22.7 Å². The molecule has 0 amide bonds. The third-order valence-corrected chi connectivity index (χ3v) is 12.8. The summed E-state index contributed by atoms with van der Waals surface area (Å²) in [7, 11) is 0. The zero-order valence-corrected chi connectivity index (χ0v) is 29.9. The maximum Gasteiger partial charge on any atom is 0.165 e. The third-order valence-electron chi connectivity index (χ3n) is 10.5. The SMILES string of the molecule is C=Cc1ccccc1-c1c(C)sc2c1c1ccccc1c1c3ccccc3n(-c3nc4ccccc4nc3-c3cccc4c3sc3ccccc34)c21. The maximum atomic E-state index is 5.55. The predicted molar refractivity (Wildman–Crippen MR) is 225 cm³/mol. The normalized spacial score (nSPS) is 12.0. The summed E-state index contributed by atoms with van der Waals surface area (Å²) in [5, 5.41) is 8.72. The van der Waals surface area contributed by atoms with Gasteiger partial charge in [0.1, 0.15) is 5.69 Å². The molecular weight excluding hydrogens is 671 g/mol. The van der Waals surface area contributed by atoms with Crippen LogP contribution >= 0.6 is 22.7 Å².